The molecular formula is C13H18N2S. The first-order chi connectivity index (χ1) is 7.56. The van der Waals surface area contributed by atoms with E-state index in [1.54, 1.807) is 11.3 Å². The second-order valence-corrected chi connectivity index (χ2v) is 5.79. The Kier molecular flexibility index (Phi) is 3.00. The Bertz CT molecular complexity index is 500. The fourth-order valence-electron chi connectivity index (χ4n) is 1.57. The minimum atomic E-state index is -0.0178. The van der Waals surface area contributed by atoms with E-state index in [9.17, 15) is 0 Å². The van der Waals surface area contributed by atoms with Crippen LogP contribution in [-0.2, 0) is 11.8 Å². The summed E-state index contributed by atoms with van der Waals surface area (Å²) in [6.07, 6.45) is 1.07. The van der Waals surface area contributed by atoms with Crippen molar-refractivity contribution in [3.8, 4) is 0 Å². The van der Waals surface area contributed by atoms with E-state index in [1.807, 2.05) is 0 Å². The Labute approximate surface area is 101 Å². The van der Waals surface area contributed by atoms with Crippen LogP contribution in [0.15, 0.2) is 18.2 Å². The first-order valence-corrected chi connectivity index (χ1v) is 6.48. The van der Waals surface area contributed by atoms with Crippen molar-refractivity contribution in [2.45, 2.75) is 32.6 Å². The highest BCUT2D eigenvalue weighted by molar-refractivity contribution is 7.18. The molecule has 2 nitrogen and oxygen atoms in total. The Hall–Kier alpha value is -0.930. The van der Waals surface area contributed by atoms with Crippen LogP contribution in [0.3, 0.4) is 0 Å². The first-order valence-electron chi connectivity index (χ1n) is 5.67. The zero-order valence-electron chi connectivity index (χ0n) is 10.1. The van der Waals surface area contributed by atoms with Gasteiger partial charge in [0.2, 0.25) is 0 Å². The third-order valence-electron chi connectivity index (χ3n) is 2.95. The third kappa shape index (κ3) is 1.97. The number of benzene rings is 1. The predicted octanol–water partition coefficient (Wildman–Crippen LogP) is 3.10. The molecule has 0 fully saturated rings. The molecule has 0 amide bonds. The second-order valence-electron chi connectivity index (χ2n) is 4.76. The molecule has 0 aliphatic carbocycles. The molecule has 16 heavy (non-hydrogen) atoms. The molecule has 0 spiro atoms. The second kappa shape index (κ2) is 4.15. The van der Waals surface area contributed by atoms with E-state index in [0.717, 1.165) is 16.9 Å². The molecule has 0 bridgehead atoms. The number of hydrogen-bond donors (Lipinski definition) is 1. The van der Waals surface area contributed by atoms with Gasteiger partial charge in [-0.2, -0.15) is 0 Å². The van der Waals surface area contributed by atoms with Crippen LogP contribution in [0, 0.1) is 0 Å². The van der Waals surface area contributed by atoms with Crippen LogP contribution in [0.25, 0.3) is 10.2 Å². The predicted molar refractivity (Wildman–Crippen MR) is 71.1 cm³/mol. The summed E-state index contributed by atoms with van der Waals surface area (Å²) < 4.78 is 1.27. The molecule has 1 heterocycles. The monoisotopic (exact) mass is 234 g/mol. The topological polar surface area (TPSA) is 38.9 Å². The molecule has 0 saturated heterocycles. The molecule has 2 N–H and O–H groups in total. The number of aromatic nitrogens is 1. The van der Waals surface area contributed by atoms with Crippen molar-refractivity contribution in [1.29, 1.82) is 0 Å². The highest BCUT2D eigenvalue weighted by atomic mass is 32.1. The summed E-state index contributed by atoms with van der Waals surface area (Å²) in [7, 11) is 0. The Morgan fingerprint density at radius 3 is 2.75 bits per heavy atom. The number of thiazole rings is 1. The van der Waals surface area contributed by atoms with Gasteiger partial charge in [0.15, 0.2) is 0 Å². The van der Waals surface area contributed by atoms with Crippen LogP contribution in [0.5, 0.6) is 0 Å². The molecule has 0 radical (unpaired) electrons. The molecule has 0 aliphatic rings. The first kappa shape index (κ1) is 11.6. The molecule has 1 aromatic carbocycles. The fourth-order valence-corrected chi connectivity index (χ4v) is 2.71. The van der Waals surface area contributed by atoms with Crippen LogP contribution in [-0.4, -0.2) is 11.5 Å². The summed E-state index contributed by atoms with van der Waals surface area (Å²) in [6.45, 7) is 7.09. The van der Waals surface area contributed by atoms with Crippen molar-refractivity contribution in [2.24, 2.45) is 5.73 Å². The lowest BCUT2D eigenvalue weighted by molar-refractivity contribution is 0.536. The van der Waals surface area contributed by atoms with Crippen molar-refractivity contribution in [3.63, 3.8) is 0 Å². The molecular weight excluding hydrogens is 216 g/mol. The highest BCUT2D eigenvalue weighted by Crippen LogP contribution is 2.31. The number of rotatable bonds is 3. The smallest absolute Gasteiger partial charge is 0.101 e. The maximum atomic E-state index is 5.78. The van der Waals surface area contributed by atoms with Crippen LogP contribution < -0.4 is 5.73 Å². The summed E-state index contributed by atoms with van der Waals surface area (Å²) in [5.74, 6) is 0. The van der Waals surface area contributed by atoms with Gasteiger partial charge in [0.05, 0.1) is 10.2 Å². The quantitative estimate of drug-likeness (QED) is 0.886. The zero-order valence-corrected chi connectivity index (χ0v) is 10.9. The Morgan fingerprint density at radius 1 is 1.38 bits per heavy atom. The lowest BCUT2D eigenvalue weighted by Crippen LogP contribution is -2.27. The SMILES string of the molecule is CCc1ccc2nc(C(C)(C)CN)sc2c1. The number of hydrogen-bond acceptors (Lipinski definition) is 3. The molecule has 1 aromatic heterocycles. The van der Waals surface area contributed by atoms with Gasteiger partial charge in [-0.3, -0.25) is 0 Å². The average Bonchev–Trinajstić information content (AvgIpc) is 2.72. The average molecular weight is 234 g/mol. The molecule has 0 atom stereocenters. The van der Waals surface area contributed by atoms with Crippen molar-refractivity contribution >= 4 is 21.6 Å². The van der Waals surface area contributed by atoms with Gasteiger partial charge >= 0.3 is 0 Å². The molecule has 0 saturated carbocycles. The van der Waals surface area contributed by atoms with Crippen LogP contribution in [0.1, 0.15) is 31.3 Å². The zero-order chi connectivity index (χ0) is 11.8. The van der Waals surface area contributed by atoms with E-state index in [2.05, 4.69) is 44.0 Å². The highest BCUT2D eigenvalue weighted by Gasteiger charge is 2.22. The summed E-state index contributed by atoms with van der Waals surface area (Å²) in [5, 5.41) is 1.14. The summed E-state index contributed by atoms with van der Waals surface area (Å²) in [5.41, 5.74) is 8.23. The standard InChI is InChI=1S/C13H18N2S/c1-4-9-5-6-10-11(7-9)16-12(15-10)13(2,3)8-14/h5-7H,4,8,14H2,1-3H3. The van der Waals surface area contributed by atoms with Gasteiger partial charge in [0.25, 0.3) is 0 Å². The van der Waals surface area contributed by atoms with Gasteiger partial charge in [0.1, 0.15) is 5.01 Å². The molecule has 86 valence electrons. The molecule has 2 rings (SSSR count). The minimum absolute atomic E-state index is 0.0178. The van der Waals surface area contributed by atoms with E-state index >= 15 is 0 Å². The van der Waals surface area contributed by atoms with Crippen molar-refractivity contribution < 1.29 is 0 Å². The maximum absolute atomic E-state index is 5.78. The van der Waals surface area contributed by atoms with Gasteiger partial charge in [-0.1, -0.05) is 26.8 Å². The minimum Gasteiger partial charge on any atom is -0.330 e. The van der Waals surface area contributed by atoms with Crippen LogP contribution in [0.2, 0.25) is 0 Å². The van der Waals surface area contributed by atoms with Crippen LogP contribution in [0.4, 0.5) is 0 Å². The van der Waals surface area contributed by atoms with E-state index in [1.165, 1.54) is 10.3 Å². The van der Waals surface area contributed by atoms with Gasteiger partial charge in [-0.25, -0.2) is 4.98 Å². The maximum Gasteiger partial charge on any atom is 0.101 e. The third-order valence-corrected chi connectivity index (χ3v) is 4.33. The lowest BCUT2D eigenvalue weighted by Gasteiger charge is -2.18. The number of nitrogens with two attached hydrogens (primary N) is 1. The number of aryl methyl sites for hydroxylation is 1. The van der Waals surface area contributed by atoms with E-state index in [-0.39, 0.29) is 5.41 Å². The molecule has 0 unspecified atom stereocenters. The van der Waals surface area contributed by atoms with Gasteiger partial charge < -0.3 is 5.73 Å². The fraction of sp³-hybridized carbons (Fsp3) is 0.462. The van der Waals surface area contributed by atoms with Crippen molar-refractivity contribution in [3.05, 3.63) is 28.8 Å². The lowest BCUT2D eigenvalue weighted by atomic mass is 9.95. The Balaban J connectivity index is 2.52. The van der Waals surface area contributed by atoms with Gasteiger partial charge in [0, 0.05) is 12.0 Å². The van der Waals surface area contributed by atoms with E-state index in [0.29, 0.717) is 6.54 Å². The molecule has 2 aromatic rings. The van der Waals surface area contributed by atoms with Gasteiger partial charge in [-0.15, -0.1) is 11.3 Å². The molecule has 0 aliphatic heterocycles. The van der Waals surface area contributed by atoms with E-state index < -0.39 is 0 Å². The number of fused-ring (bicyclic) bond motifs is 1. The summed E-state index contributed by atoms with van der Waals surface area (Å²) >= 11 is 1.77. The normalized spacial score (nSPS) is 12.2. The van der Waals surface area contributed by atoms with E-state index in [4.69, 9.17) is 5.73 Å². The van der Waals surface area contributed by atoms with Crippen molar-refractivity contribution in [2.75, 3.05) is 6.54 Å². The molecule has 3 heteroatoms. The largest absolute Gasteiger partial charge is 0.330 e. The summed E-state index contributed by atoms with van der Waals surface area (Å²) in [6, 6.07) is 6.51. The Morgan fingerprint density at radius 2 is 2.12 bits per heavy atom. The van der Waals surface area contributed by atoms with Gasteiger partial charge in [-0.05, 0) is 24.1 Å². The summed E-state index contributed by atoms with van der Waals surface area (Å²) in [4.78, 5) is 4.67. The number of nitrogens with zero attached hydrogens (tertiary/aromatic N) is 1. The van der Waals surface area contributed by atoms with Crippen LogP contribution >= 0.6 is 11.3 Å². The van der Waals surface area contributed by atoms with Crippen molar-refractivity contribution in [1.82, 2.24) is 4.98 Å².